The molecule has 140 valence electrons. The number of ketones is 1. The second-order valence-electron chi connectivity index (χ2n) is 6.93. The molecule has 0 aromatic heterocycles. The molecule has 2 aliphatic heterocycles. The number of piperidine rings is 1. The first-order valence-corrected chi connectivity index (χ1v) is 8.96. The van der Waals surface area contributed by atoms with Gasteiger partial charge in [-0.3, -0.25) is 14.4 Å². The Balaban J connectivity index is 1.57. The molecule has 3 rings (SSSR count). The summed E-state index contributed by atoms with van der Waals surface area (Å²) in [6.07, 6.45) is 1.23. The van der Waals surface area contributed by atoms with E-state index in [9.17, 15) is 23.2 Å². The summed E-state index contributed by atoms with van der Waals surface area (Å²) in [4.78, 5) is 40.3. The summed E-state index contributed by atoms with van der Waals surface area (Å²) >= 11 is 0. The summed E-state index contributed by atoms with van der Waals surface area (Å²) < 4.78 is 26.3. The Morgan fingerprint density at radius 2 is 1.81 bits per heavy atom. The Hall–Kier alpha value is -2.31. The van der Waals surface area contributed by atoms with Gasteiger partial charge < -0.3 is 9.80 Å². The monoisotopic (exact) mass is 364 g/mol. The third-order valence-corrected chi connectivity index (χ3v) is 5.33. The van der Waals surface area contributed by atoms with Crippen LogP contribution in [0.25, 0.3) is 0 Å². The number of benzene rings is 1. The molecule has 2 heterocycles. The zero-order valence-electron chi connectivity index (χ0n) is 14.7. The van der Waals surface area contributed by atoms with E-state index in [1.54, 1.807) is 9.80 Å². The molecule has 0 bridgehead atoms. The van der Waals surface area contributed by atoms with Crippen molar-refractivity contribution < 1.29 is 23.2 Å². The maximum Gasteiger partial charge on any atom is 0.227 e. The topological polar surface area (TPSA) is 57.7 Å². The minimum atomic E-state index is -1.03. The summed E-state index contributed by atoms with van der Waals surface area (Å²) in [5, 5.41) is 0. The van der Waals surface area contributed by atoms with Gasteiger partial charge in [0.1, 0.15) is 0 Å². The Morgan fingerprint density at radius 3 is 2.38 bits per heavy atom. The number of likely N-dealkylation sites (tertiary alicyclic amines) is 2. The number of carbonyl (C=O) groups is 3. The van der Waals surface area contributed by atoms with Gasteiger partial charge in [0.25, 0.3) is 0 Å². The zero-order chi connectivity index (χ0) is 18.8. The van der Waals surface area contributed by atoms with Gasteiger partial charge in [-0.1, -0.05) is 0 Å². The van der Waals surface area contributed by atoms with Crippen LogP contribution in [-0.2, 0) is 9.59 Å². The van der Waals surface area contributed by atoms with E-state index in [1.165, 1.54) is 6.07 Å². The fourth-order valence-corrected chi connectivity index (χ4v) is 3.75. The molecule has 26 heavy (non-hydrogen) atoms. The van der Waals surface area contributed by atoms with E-state index in [4.69, 9.17) is 0 Å². The smallest absolute Gasteiger partial charge is 0.227 e. The van der Waals surface area contributed by atoms with Crippen molar-refractivity contribution in [2.75, 3.05) is 26.2 Å². The van der Waals surface area contributed by atoms with E-state index in [0.29, 0.717) is 39.0 Å². The van der Waals surface area contributed by atoms with Crippen LogP contribution >= 0.6 is 0 Å². The largest absolute Gasteiger partial charge is 0.342 e. The maximum absolute atomic E-state index is 13.3. The van der Waals surface area contributed by atoms with Gasteiger partial charge in [0, 0.05) is 44.1 Å². The van der Waals surface area contributed by atoms with Gasteiger partial charge in [-0.15, -0.1) is 0 Å². The number of Topliss-reactive ketones (excluding diaryl/α,β-unsaturated/α-hetero) is 1. The Labute approximate surface area is 150 Å². The molecule has 2 fully saturated rings. The molecule has 0 radical (unpaired) electrons. The van der Waals surface area contributed by atoms with Crippen LogP contribution in [0.15, 0.2) is 18.2 Å². The molecule has 2 saturated heterocycles. The van der Waals surface area contributed by atoms with Crippen LogP contribution in [0.3, 0.4) is 0 Å². The normalized spacial score (nSPS) is 21.3. The van der Waals surface area contributed by atoms with E-state index in [2.05, 4.69) is 0 Å². The number of halogens is 2. The molecular formula is C19H22F2N2O3. The Bertz CT molecular complexity index is 729. The van der Waals surface area contributed by atoms with Gasteiger partial charge in [0.15, 0.2) is 17.4 Å². The lowest BCUT2D eigenvalue weighted by Crippen LogP contribution is -2.43. The van der Waals surface area contributed by atoms with Crippen LogP contribution in [0.5, 0.6) is 0 Å². The molecule has 2 aliphatic rings. The average molecular weight is 364 g/mol. The minimum Gasteiger partial charge on any atom is -0.342 e. The van der Waals surface area contributed by atoms with Gasteiger partial charge in [-0.2, -0.15) is 0 Å². The molecule has 0 saturated carbocycles. The highest BCUT2D eigenvalue weighted by Crippen LogP contribution is 2.26. The Kier molecular flexibility index (Phi) is 5.34. The number of hydrogen-bond acceptors (Lipinski definition) is 3. The third kappa shape index (κ3) is 3.61. The van der Waals surface area contributed by atoms with Gasteiger partial charge in [-0.25, -0.2) is 8.78 Å². The standard InChI is InChI=1S/C19H22F2N2O3/c1-2-22-11-14(10-17(22)24)19(26)23-7-5-12(6-8-23)18(25)13-3-4-15(20)16(21)9-13/h3-4,9,12,14H,2,5-8,10-11H2,1H3. The fourth-order valence-electron chi connectivity index (χ4n) is 3.75. The average Bonchev–Trinajstić information content (AvgIpc) is 3.03. The summed E-state index contributed by atoms with van der Waals surface area (Å²) in [5.41, 5.74) is 0.161. The first-order valence-electron chi connectivity index (χ1n) is 8.96. The van der Waals surface area contributed by atoms with Crippen LogP contribution in [0.1, 0.15) is 36.5 Å². The quantitative estimate of drug-likeness (QED) is 0.770. The van der Waals surface area contributed by atoms with Crippen molar-refractivity contribution in [1.82, 2.24) is 9.80 Å². The number of carbonyl (C=O) groups excluding carboxylic acids is 3. The molecule has 7 heteroatoms. The lowest BCUT2D eigenvalue weighted by Gasteiger charge is -2.33. The van der Waals surface area contributed by atoms with Gasteiger partial charge in [0.2, 0.25) is 11.8 Å². The highest BCUT2D eigenvalue weighted by atomic mass is 19.2. The van der Waals surface area contributed by atoms with Gasteiger partial charge >= 0.3 is 0 Å². The summed E-state index contributed by atoms with van der Waals surface area (Å²) in [5.74, 6) is -2.86. The predicted octanol–water partition coefficient (Wildman–Crippen LogP) is 2.25. The van der Waals surface area contributed by atoms with Crippen molar-refractivity contribution in [2.24, 2.45) is 11.8 Å². The van der Waals surface area contributed by atoms with E-state index < -0.39 is 11.6 Å². The molecular weight excluding hydrogens is 342 g/mol. The number of hydrogen-bond donors (Lipinski definition) is 0. The van der Waals surface area contributed by atoms with E-state index in [-0.39, 0.29) is 41.4 Å². The van der Waals surface area contributed by atoms with Crippen molar-refractivity contribution in [2.45, 2.75) is 26.2 Å². The summed E-state index contributed by atoms with van der Waals surface area (Å²) in [6.45, 7) is 3.83. The van der Waals surface area contributed by atoms with Crippen molar-refractivity contribution >= 4 is 17.6 Å². The SMILES string of the molecule is CCN1CC(C(=O)N2CCC(C(=O)c3ccc(F)c(F)c3)CC2)CC1=O. The van der Waals surface area contributed by atoms with Crippen LogP contribution in [-0.4, -0.2) is 53.6 Å². The zero-order valence-corrected chi connectivity index (χ0v) is 14.7. The molecule has 1 aromatic carbocycles. The van der Waals surface area contributed by atoms with E-state index in [0.717, 1.165) is 12.1 Å². The highest BCUT2D eigenvalue weighted by Gasteiger charge is 2.37. The molecule has 2 amide bonds. The van der Waals surface area contributed by atoms with Crippen LogP contribution in [0.4, 0.5) is 8.78 Å². The first-order chi connectivity index (χ1) is 12.4. The lowest BCUT2D eigenvalue weighted by molar-refractivity contribution is -0.137. The van der Waals surface area contributed by atoms with Crippen molar-refractivity contribution in [3.63, 3.8) is 0 Å². The van der Waals surface area contributed by atoms with Crippen molar-refractivity contribution in [1.29, 1.82) is 0 Å². The lowest BCUT2D eigenvalue weighted by atomic mass is 9.88. The molecule has 0 spiro atoms. The van der Waals surface area contributed by atoms with Crippen LogP contribution in [0, 0.1) is 23.5 Å². The molecule has 0 aliphatic carbocycles. The van der Waals surface area contributed by atoms with Crippen LogP contribution in [0.2, 0.25) is 0 Å². The molecule has 1 unspecified atom stereocenters. The number of rotatable bonds is 4. The summed E-state index contributed by atoms with van der Waals surface area (Å²) in [7, 11) is 0. The maximum atomic E-state index is 13.3. The number of amides is 2. The Morgan fingerprint density at radius 1 is 1.12 bits per heavy atom. The van der Waals surface area contributed by atoms with Crippen molar-refractivity contribution in [3.8, 4) is 0 Å². The fraction of sp³-hybridized carbons (Fsp3) is 0.526. The second-order valence-corrected chi connectivity index (χ2v) is 6.93. The molecule has 1 aromatic rings. The summed E-state index contributed by atoms with van der Waals surface area (Å²) in [6, 6.07) is 3.18. The molecule has 0 N–H and O–H groups in total. The van der Waals surface area contributed by atoms with E-state index in [1.807, 2.05) is 6.92 Å². The minimum absolute atomic E-state index is 0.00856. The first kappa shape index (κ1) is 18.5. The van der Waals surface area contributed by atoms with Gasteiger partial charge in [-0.05, 0) is 38.0 Å². The number of nitrogens with zero attached hydrogens (tertiary/aromatic N) is 2. The van der Waals surface area contributed by atoms with Gasteiger partial charge in [0.05, 0.1) is 5.92 Å². The van der Waals surface area contributed by atoms with Crippen LogP contribution < -0.4 is 0 Å². The third-order valence-electron chi connectivity index (χ3n) is 5.33. The molecule has 5 nitrogen and oxygen atoms in total. The second kappa shape index (κ2) is 7.51. The predicted molar refractivity (Wildman–Crippen MR) is 90.4 cm³/mol. The highest BCUT2D eigenvalue weighted by molar-refractivity contribution is 5.98. The van der Waals surface area contributed by atoms with Crippen molar-refractivity contribution in [3.05, 3.63) is 35.4 Å². The van der Waals surface area contributed by atoms with E-state index >= 15 is 0 Å². The molecule has 1 atom stereocenters.